The summed E-state index contributed by atoms with van der Waals surface area (Å²) in [6.07, 6.45) is 1.10. The highest BCUT2D eigenvalue weighted by atomic mass is 16.5. The van der Waals surface area contributed by atoms with E-state index in [2.05, 4.69) is 88.0 Å². The van der Waals surface area contributed by atoms with Gasteiger partial charge in [0.05, 0.1) is 5.41 Å². The van der Waals surface area contributed by atoms with Crippen LogP contribution in [0.15, 0.2) is 73.0 Å². The van der Waals surface area contributed by atoms with Gasteiger partial charge in [-0.25, -0.2) is 0 Å². The lowest BCUT2D eigenvalue weighted by molar-refractivity contribution is 0.0620. The lowest BCUT2D eigenvalue weighted by atomic mass is 9.69. The largest absolute Gasteiger partial charge is 0.493 e. The fourth-order valence-corrected chi connectivity index (χ4v) is 3.36. The highest BCUT2D eigenvalue weighted by molar-refractivity contribution is 5.48. The van der Waals surface area contributed by atoms with Crippen LogP contribution in [0.1, 0.15) is 38.3 Å². The summed E-state index contributed by atoms with van der Waals surface area (Å²) in [5.74, 6) is 0.866. The third-order valence-electron chi connectivity index (χ3n) is 4.75. The predicted octanol–water partition coefficient (Wildman–Crippen LogP) is 5.32. The number of allylic oxidation sites excluding steroid dienone is 1. The molecule has 0 N–H and O–H groups in total. The van der Waals surface area contributed by atoms with E-state index < -0.39 is 0 Å². The second-order valence-corrected chi connectivity index (χ2v) is 7.24. The fourth-order valence-electron chi connectivity index (χ4n) is 3.36. The molecule has 1 heteroatoms. The summed E-state index contributed by atoms with van der Waals surface area (Å²) in [7, 11) is 0. The van der Waals surface area contributed by atoms with Gasteiger partial charge in [0.1, 0.15) is 11.9 Å². The molecular weight excluding hydrogens is 268 g/mol. The Morgan fingerprint density at radius 1 is 0.909 bits per heavy atom. The molecule has 3 rings (SSSR count). The molecule has 0 saturated carbocycles. The van der Waals surface area contributed by atoms with E-state index in [0.29, 0.717) is 0 Å². The van der Waals surface area contributed by atoms with Crippen LogP contribution in [-0.2, 0) is 10.2 Å². The monoisotopic (exact) mass is 292 g/mol. The smallest absolute Gasteiger partial charge is 0.105 e. The Kier molecular flexibility index (Phi) is 3.60. The summed E-state index contributed by atoms with van der Waals surface area (Å²) in [5.41, 5.74) is 2.37. The second kappa shape index (κ2) is 5.31. The molecule has 0 radical (unpaired) electrons. The lowest BCUT2D eigenvalue weighted by Gasteiger charge is -2.30. The van der Waals surface area contributed by atoms with Gasteiger partial charge in [-0.2, -0.15) is 0 Å². The summed E-state index contributed by atoms with van der Waals surface area (Å²) >= 11 is 0. The van der Waals surface area contributed by atoms with Gasteiger partial charge < -0.3 is 4.74 Å². The van der Waals surface area contributed by atoms with Crippen LogP contribution in [0.25, 0.3) is 0 Å². The van der Waals surface area contributed by atoms with E-state index in [4.69, 9.17) is 4.74 Å². The Morgan fingerprint density at radius 3 is 1.73 bits per heavy atom. The molecule has 0 spiro atoms. The van der Waals surface area contributed by atoms with Gasteiger partial charge in [-0.1, -0.05) is 88.0 Å². The zero-order valence-corrected chi connectivity index (χ0v) is 13.7. The van der Waals surface area contributed by atoms with Gasteiger partial charge in [0.15, 0.2) is 0 Å². The topological polar surface area (TPSA) is 9.23 Å². The fraction of sp³-hybridized carbons (Fsp3) is 0.333. The van der Waals surface area contributed by atoms with Crippen LogP contribution in [0.4, 0.5) is 0 Å². The minimum absolute atomic E-state index is 0.0915. The maximum Gasteiger partial charge on any atom is 0.105 e. The summed E-state index contributed by atoms with van der Waals surface area (Å²) in [5, 5.41) is 0. The van der Waals surface area contributed by atoms with Crippen molar-refractivity contribution in [3.05, 3.63) is 84.1 Å². The summed E-state index contributed by atoms with van der Waals surface area (Å²) in [4.78, 5) is 0. The highest BCUT2D eigenvalue weighted by Gasteiger charge is 2.50. The lowest BCUT2D eigenvalue weighted by Crippen LogP contribution is -2.30. The van der Waals surface area contributed by atoms with Gasteiger partial charge in [0.25, 0.3) is 0 Å². The van der Waals surface area contributed by atoms with Crippen molar-refractivity contribution in [3.8, 4) is 0 Å². The van der Waals surface area contributed by atoms with Crippen molar-refractivity contribution < 1.29 is 4.74 Å². The molecule has 0 aromatic heterocycles. The van der Waals surface area contributed by atoms with E-state index in [9.17, 15) is 0 Å². The van der Waals surface area contributed by atoms with Crippen molar-refractivity contribution in [1.29, 1.82) is 0 Å². The normalized spacial score (nSPS) is 20.7. The quantitative estimate of drug-likeness (QED) is 0.727. The Hall–Kier alpha value is -2.02. The van der Waals surface area contributed by atoms with Gasteiger partial charge in [-0.05, 0) is 16.5 Å². The third kappa shape index (κ3) is 2.35. The predicted molar refractivity (Wildman–Crippen MR) is 91.7 cm³/mol. The molecule has 0 amide bonds. The SMILES string of the molecule is C=C1OC(C(C)(C)C)CC1(c1ccccc1)c1ccccc1. The molecule has 0 aliphatic carbocycles. The van der Waals surface area contributed by atoms with Gasteiger partial charge in [-0.15, -0.1) is 0 Å². The van der Waals surface area contributed by atoms with E-state index in [1.54, 1.807) is 0 Å². The molecule has 114 valence electrons. The zero-order chi connectivity index (χ0) is 15.8. The maximum absolute atomic E-state index is 6.26. The van der Waals surface area contributed by atoms with Crippen LogP contribution < -0.4 is 0 Å². The molecule has 1 atom stereocenters. The van der Waals surface area contributed by atoms with Crippen LogP contribution in [0, 0.1) is 5.41 Å². The molecule has 1 aliphatic rings. The molecule has 1 fully saturated rings. The van der Waals surface area contributed by atoms with Crippen molar-refractivity contribution in [2.45, 2.75) is 38.7 Å². The number of hydrogen-bond donors (Lipinski definition) is 0. The Labute approximate surface area is 133 Å². The van der Waals surface area contributed by atoms with Gasteiger partial charge in [0.2, 0.25) is 0 Å². The van der Waals surface area contributed by atoms with E-state index in [1.165, 1.54) is 11.1 Å². The number of benzene rings is 2. The number of hydrogen-bond acceptors (Lipinski definition) is 1. The van der Waals surface area contributed by atoms with Crippen LogP contribution >= 0.6 is 0 Å². The first kappa shape index (κ1) is 14.9. The van der Waals surface area contributed by atoms with Crippen molar-refractivity contribution in [3.63, 3.8) is 0 Å². The van der Waals surface area contributed by atoms with Gasteiger partial charge in [0, 0.05) is 6.42 Å². The number of rotatable bonds is 2. The minimum atomic E-state index is -0.250. The molecular formula is C21H24O. The summed E-state index contributed by atoms with van der Waals surface area (Å²) < 4.78 is 6.26. The summed E-state index contributed by atoms with van der Waals surface area (Å²) in [6.45, 7) is 11.0. The third-order valence-corrected chi connectivity index (χ3v) is 4.75. The molecule has 1 unspecified atom stereocenters. The van der Waals surface area contributed by atoms with Crippen LogP contribution in [-0.4, -0.2) is 6.10 Å². The van der Waals surface area contributed by atoms with Gasteiger partial charge in [-0.3, -0.25) is 0 Å². The first-order valence-corrected chi connectivity index (χ1v) is 7.92. The minimum Gasteiger partial charge on any atom is -0.493 e. The standard InChI is InChI=1S/C21H24O/c1-16-21(17-11-7-5-8-12-17,18-13-9-6-10-14-18)15-19(22-16)20(2,3)4/h5-14,19H,1,15H2,2-4H3. The molecule has 1 heterocycles. The molecule has 2 aromatic carbocycles. The molecule has 22 heavy (non-hydrogen) atoms. The molecule has 1 aliphatic heterocycles. The Bertz CT molecular complexity index is 610. The molecule has 2 aromatic rings. The van der Waals surface area contributed by atoms with Crippen LogP contribution in [0.3, 0.4) is 0 Å². The maximum atomic E-state index is 6.26. The van der Waals surface area contributed by atoms with Crippen molar-refractivity contribution in [2.24, 2.45) is 5.41 Å². The van der Waals surface area contributed by atoms with E-state index in [1.807, 2.05) is 0 Å². The summed E-state index contributed by atoms with van der Waals surface area (Å²) in [6, 6.07) is 21.2. The van der Waals surface area contributed by atoms with Gasteiger partial charge >= 0.3 is 0 Å². The number of ether oxygens (including phenoxy) is 1. The van der Waals surface area contributed by atoms with E-state index in [-0.39, 0.29) is 16.9 Å². The molecule has 0 bridgehead atoms. The Balaban J connectivity index is 2.16. The highest BCUT2D eigenvalue weighted by Crippen LogP contribution is 2.51. The second-order valence-electron chi connectivity index (χ2n) is 7.24. The first-order valence-electron chi connectivity index (χ1n) is 7.92. The van der Waals surface area contributed by atoms with Crippen molar-refractivity contribution >= 4 is 0 Å². The average molecular weight is 292 g/mol. The molecule has 1 saturated heterocycles. The Morgan fingerprint density at radius 2 is 1.36 bits per heavy atom. The molecule has 1 nitrogen and oxygen atoms in total. The average Bonchev–Trinajstić information content (AvgIpc) is 2.88. The van der Waals surface area contributed by atoms with Crippen molar-refractivity contribution in [1.82, 2.24) is 0 Å². The van der Waals surface area contributed by atoms with E-state index in [0.717, 1.165) is 12.2 Å². The van der Waals surface area contributed by atoms with Crippen molar-refractivity contribution in [2.75, 3.05) is 0 Å². The zero-order valence-electron chi connectivity index (χ0n) is 13.7. The van der Waals surface area contributed by atoms with E-state index >= 15 is 0 Å². The van der Waals surface area contributed by atoms with Crippen LogP contribution in [0.5, 0.6) is 0 Å². The van der Waals surface area contributed by atoms with Crippen LogP contribution in [0.2, 0.25) is 0 Å². The first-order chi connectivity index (χ1) is 10.4.